The molecule has 0 aliphatic heterocycles. The molecular weight excluding hydrogens is 153 g/mol. The van der Waals surface area contributed by atoms with E-state index in [0.29, 0.717) is 12.0 Å². The second-order valence-electron chi connectivity index (χ2n) is 2.96. The molecule has 1 aromatic carbocycles. The minimum atomic E-state index is -0.225. The van der Waals surface area contributed by atoms with Gasteiger partial charge in [0.1, 0.15) is 5.82 Å². The van der Waals surface area contributed by atoms with E-state index < -0.39 is 0 Å². The van der Waals surface area contributed by atoms with Crippen LogP contribution in [0.3, 0.4) is 0 Å². The Bertz CT molecular complexity index is 269. The molecule has 2 heteroatoms. The molecule has 0 heterocycles. The fourth-order valence-electron chi connectivity index (χ4n) is 1.22. The minimum Gasteiger partial charge on any atom is -0.324 e. The minimum absolute atomic E-state index is 0.144. The van der Waals surface area contributed by atoms with Gasteiger partial charge in [0.25, 0.3) is 0 Å². The van der Waals surface area contributed by atoms with Crippen molar-refractivity contribution in [1.29, 1.82) is 0 Å². The first kappa shape index (κ1) is 9.20. The van der Waals surface area contributed by atoms with Crippen LogP contribution in [0.2, 0.25) is 0 Å². The number of hydrogen-bond donors (Lipinski definition) is 1. The van der Waals surface area contributed by atoms with E-state index in [9.17, 15) is 4.39 Å². The first-order valence-electron chi connectivity index (χ1n) is 4.19. The standard InChI is InChI=1S/C10H14FN/c1-3-8-5-4-6-9(7(2)12)10(8)11/h4-7H,3,12H2,1-2H3. The van der Waals surface area contributed by atoms with Crippen molar-refractivity contribution in [2.45, 2.75) is 26.3 Å². The van der Waals surface area contributed by atoms with Gasteiger partial charge < -0.3 is 5.73 Å². The maximum atomic E-state index is 13.4. The predicted octanol–water partition coefficient (Wildman–Crippen LogP) is 2.41. The first-order valence-corrected chi connectivity index (χ1v) is 4.19. The largest absolute Gasteiger partial charge is 0.324 e. The third kappa shape index (κ3) is 1.64. The van der Waals surface area contributed by atoms with E-state index >= 15 is 0 Å². The average molecular weight is 167 g/mol. The molecular formula is C10H14FN. The molecule has 0 saturated heterocycles. The summed E-state index contributed by atoms with van der Waals surface area (Å²) in [5.41, 5.74) is 6.94. The topological polar surface area (TPSA) is 26.0 Å². The van der Waals surface area contributed by atoms with E-state index in [0.717, 1.165) is 5.56 Å². The smallest absolute Gasteiger partial charge is 0.131 e. The molecule has 0 amide bonds. The quantitative estimate of drug-likeness (QED) is 0.719. The lowest BCUT2D eigenvalue weighted by Gasteiger charge is -2.09. The number of hydrogen-bond acceptors (Lipinski definition) is 1. The SMILES string of the molecule is CCc1cccc(C(C)N)c1F. The highest BCUT2D eigenvalue weighted by Crippen LogP contribution is 2.18. The van der Waals surface area contributed by atoms with Crippen molar-refractivity contribution < 1.29 is 4.39 Å². The van der Waals surface area contributed by atoms with E-state index in [1.54, 1.807) is 19.1 Å². The van der Waals surface area contributed by atoms with Gasteiger partial charge in [0.2, 0.25) is 0 Å². The Morgan fingerprint density at radius 3 is 2.67 bits per heavy atom. The molecule has 0 spiro atoms. The van der Waals surface area contributed by atoms with E-state index in [2.05, 4.69) is 0 Å². The van der Waals surface area contributed by atoms with E-state index in [4.69, 9.17) is 5.73 Å². The first-order chi connectivity index (χ1) is 5.66. The van der Waals surface area contributed by atoms with Gasteiger partial charge in [0, 0.05) is 11.6 Å². The normalized spacial score (nSPS) is 13.0. The van der Waals surface area contributed by atoms with E-state index in [1.807, 2.05) is 13.0 Å². The van der Waals surface area contributed by atoms with Crippen LogP contribution in [0.25, 0.3) is 0 Å². The second-order valence-corrected chi connectivity index (χ2v) is 2.96. The summed E-state index contributed by atoms with van der Waals surface area (Å²) in [7, 11) is 0. The zero-order chi connectivity index (χ0) is 9.14. The third-order valence-electron chi connectivity index (χ3n) is 1.98. The van der Waals surface area contributed by atoms with Crippen molar-refractivity contribution in [3.05, 3.63) is 35.1 Å². The summed E-state index contributed by atoms with van der Waals surface area (Å²) in [5.74, 6) is -0.144. The Morgan fingerprint density at radius 2 is 2.17 bits per heavy atom. The van der Waals surface area contributed by atoms with Gasteiger partial charge in [-0.25, -0.2) is 4.39 Å². The van der Waals surface area contributed by atoms with Crippen molar-refractivity contribution in [2.24, 2.45) is 5.73 Å². The molecule has 1 unspecified atom stereocenters. The van der Waals surface area contributed by atoms with Gasteiger partial charge in [-0.2, -0.15) is 0 Å². The second kappa shape index (κ2) is 3.68. The van der Waals surface area contributed by atoms with E-state index in [-0.39, 0.29) is 11.9 Å². The Kier molecular flexibility index (Phi) is 2.82. The lowest BCUT2D eigenvalue weighted by Crippen LogP contribution is -2.08. The van der Waals surface area contributed by atoms with Crippen LogP contribution in [-0.4, -0.2) is 0 Å². The van der Waals surface area contributed by atoms with Gasteiger partial charge in [-0.05, 0) is 18.9 Å². The van der Waals surface area contributed by atoms with Crippen molar-refractivity contribution in [3.63, 3.8) is 0 Å². The number of nitrogens with two attached hydrogens (primary N) is 1. The molecule has 66 valence electrons. The van der Waals surface area contributed by atoms with Gasteiger partial charge in [-0.1, -0.05) is 25.1 Å². The Balaban J connectivity index is 3.14. The molecule has 0 aliphatic carbocycles. The van der Waals surface area contributed by atoms with Crippen LogP contribution in [0, 0.1) is 5.82 Å². The summed E-state index contributed by atoms with van der Waals surface area (Å²) in [6, 6.07) is 5.15. The molecule has 0 aromatic heterocycles. The predicted molar refractivity (Wildman–Crippen MR) is 48.4 cm³/mol. The molecule has 2 N–H and O–H groups in total. The molecule has 1 aromatic rings. The lowest BCUT2D eigenvalue weighted by atomic mass is 10.0. The van der Waals surface area contributed by atoms with Crippen molar-refractivity contribution in [2.75, 3.05) is 0 Å². The fourth-order valence-corrected chi connectivity index (χ4v) is 1.22. The van der Waals surface area contributed by atoms with Crippen LogP contribution in [0.5, 0.6) is 0 Å². The number of rotatable bonds is 2. The molecule has 0 fully saturated rings. The Labute approximate surface area is 72.4 Å². The number of benzene rings is 1. The molecule has 0 radical (unpaired) electrons. The third-order valence-corrected chi connectivity index (χ3v) is 1.98. The van der Waals surface area contributed by atoms with Crippen LogP contribution in [-0.2, 0) is 6.42 Å². The van der Waals surface area contributed by atoms with Crippen LogP contribution in [0.15, 0.2) is 18.2 Å². The molecule has 0 aliphatic rings. The van der Waals surface area contributed by atoms with Gasteiger partial charge >= 0.3 is 0 Å². The van der Waals surface area contributed by atoms with Crippen LogP contribution >= 0.6 is 0 Å². The molecule has 0 saturated carbocycles. The highest BCUT2D eigenvalue weighted by atomic mass is 19.1. The summed E-state index contributed by atoms with van der Waals surface area (Å²) in [5, 5.41) is 0. The average Bonchev–Trinajstić information content (AvgIpc) is 2.04. The highest BCUT2D eigenvalue weighted by molar-refractivity contribution is 5.27. The van der Waals surface area contributed by atoms with Gasteiger partial charge in [-0.3, -0.25) is 0 Å². The molecule has 1 atom stereocenters. The van der Waals surface area contributed by atoms with Gasteiger partial charge in [0.05, 0.1) is 0 Å². The van der Waals surface area contributed by atoms with Gasteiger partial charge in [0.15, 0.2) is 0 Å². The van der Waals surface area contributed by atoms with Crippen molar-refractivity contribution in [1.82, 2.24) is 0 Å². The van der Waals surface area contributed by atoms with Crippen molar-refractivity contribution >= 4 is 0 Å². The molecule has 1 nitrogen and oxygen atoms in total. The summed E-state index contributed by atoms with van der Waals surface area (Å²) < 4.78 is 13.4. The van der Waals surface area contributed by atoms with Crippen molar-refractivity contribution in [3.8, 4) is 0 Å². The summed E-state index contributed by atoms with van der Waals surface area (Å²) in [4.78, 5) is 0. The van der Waals surface area contributed by atoms with E-state index in [1.165, 1.54) is 0 Å². The summed E-state index contributed by atoms with van der Waals surface area (Å²) in [6.45, 7) is 3.72. The zero-order valence-electron chi connectivity index (χ0n) is 7.47. The molecule has 12 heavy (non-hydrogen) atoms. The maximum absolute atomic E-state index is 13.4. The van der Waals surface area contributed by atoms with Gasteiger partial charge in [-0.15, -0.1) is 0 Å². The fraction of sp³-hybridized carbons (Fsp3) is 0.400. The zero-order valence-corrected chi connectivity index (χ0v) is 7.47. The maximum Gasteiger partial charge on any atom is 0.131 e. The Hall–Kier alpha value is -0.890. The Morgan fingerprint density at radius 1 is 1.50 bits per heavy atom. The monoisotopic (exact) mass is 167 g/mol. The number of halogens is 1. The molecule has 0 bridgehead atoms. The highest BCUT2D eigenvalue weighted by Gasteiger charge is 2.08. The van der Waals surface area contributed by atoms with Crippen LogP contribution in [0.4, 0.5) is 4.39 Å². The lowest BCUT2D eigenvalue weighted by molar-refractivity contribution is 0.580. The van der Waals surface area contributed by atoms with Crippen LogP contribution < -0.4 is 5.73 Å². The van der Waals surface area contributed by atoms with Crippen LogP contribution in [0.1, 0.15) is 31.0 Å². The number of aryl methyl sites for hydroxylation is 1. The summed E-state index contributed by atoms with van der Waals surface area (Å²) in [6.07, 6.45) is 0.715. The molecule has 1 rings (SSSR count). The summed E-state index contributed by atoms with van der Waals surface area (Å²) >= 11 is 0.